The van der Waals surface area contributed by atoms with Crippen molar-refractivity contribution in [2.24, 2.45) is 16.9 Å². The molecular weight excluding hydrogens is 426 g/mol. The summed E-state index contributed by atoms with van der Waals surface area (Å²) in [4.78, 5) is 15.8. The molecule has 1 aromatic rings. The van der Waals surface area contributed by atoms with Crippen molar-refractivity contribution in [1.82, 2.24) is 9.91 Å². The number of amides is 1. The quantitative estimate of drug-likeness (QED) is 0.522. The number of hydrazone groups is 1. The molecule has 0 aromatic heterocycles. The highest BCUT2D eigenvalue weighted by Gasteiger charge is 2.41. The van der Waals surface area contributed by atoms with E-state index in [0.29, 0.717) is 18.0 Å². The average Bonchev–Trinajstić information content (AvgIpc) is 2.83. The molecule has 32 heavy (non-hydrogen) atoms. The second-order valence-electron chi connectivity index (χ2n) is 9.12. The Kier molecular flexibility index (Phi) is 9.23. The van der Waals surface area contributed by atoms with Gasteiger partial charge in [0.25, 0.3) is 0 Å². The predicted molar refractivity (Wildman–Crippen MR) is 130 cm³/mol. The molecule has 7 heteroatoms. The smallest absolute Gasteiger partial charge is 0.246 e. The fourth-order valence-corrected chi connectivity index (χ4v) is 5.41. The summed E-state index contributed by atoms with van der Waals surface area (Å²) in [5.41, 5.74) is 2.08. The third-order valence-corrected chi connectivity index (χ3v) is 7.14. The molecule has 2 fully saturated rings. The number of ether oxygens (including phenoxy) is 2. The van der Waals surface area contributed by atoms with Gasteiger partial charge in [0.15, 0.2) is 11.5 Å². The molecule has 0 bridgehead atoms. The first kappa shape index (κ1) is 24.8. The predicted octanol–water partition coefficient (Wildman–Crippen LogP) is 4.74. The van der Waals surface area contributed by atoms with Gasteiger partial charge in [-0.3, -0.25) is 4.79 Å². The van der Waals surface area contributed by atoms with E-state index in [2.05, 4.69) is 11.0 Å². The lowest BCUT2D eigenvalue weighted by molar-refractivity contribution is -0.139. The zero-order valence-electron chi connectivity index (χ0n) is 19.6. The lowest BCUT2D eigenvalue weighted by Gasteiger charge is -2.38. The van der Waals surface area contributed by atoms with Crippen LogP contribution in [-0.2, 0) is 4.79 Å². The molecule has 178 valence electrons. The van der Waals surface area contributed by atoms with Crippen LogP contribution in [0, 0.1) is 11.8 Å². The third-order valence-electron chi connectivity index (χ3n) is 7.14. The lowest BCUT2D eigenvalue weighted by Crippen LogP contribution is -2.46. The maximum absolute atomic E-state index is 13.2. The van der Waals surface area contributed by atoms with Crippen LogP contribution in [0.4, 0.5) is 0 Å². The first-order valence-corrected chi connectivity index (χ1v) is 12.1. The summed E-state index contributed by atoms with van der Waals surface area (Å²) in [6.07, 6.45) is 10.5. The first-order valence-electron chi connectivity index (χ1n) is 12.1. The van der Waals surface area contributed by atoms with Crippen LogP contribution in [0.1, 0.15) is 63.4 Å². The minimum absolute atomic E-state index is 0. The van der Waals surface area contributed by atoms with E-state index in [9.17, 15) is 4.79 Å². The van der Waals surface area contributed by atoms with E-state index >= 15 is 0 Å². The van der Waals surface area contributed by atoms with E-state index in [4.69, 9.17) is 14.6 Å². The average molecular weight is 464 g/mol. The summed E-state index contributed by atoms with van der Waals surface area (Å²) in [7, 11) is 3.31. The number of halogens is 1. The molecule has 4 rings (SSSR count). The summed E-state index contributed by atoms with van der Waals surface area (Å²) in [5, 5.41) is 6.70. The molecule has 1 saturated heterocycles. The monoisotopic (exact) mass is 463 g/mol. The van der Waals surface area contributed by atoms with Gasteiger partial charge in [-0.2, -0.15) is 5.10 Å². The van der Waals surface area contributed by atoms with Gasteiger partial charge in [-0.25, -0.2) is 5.01 Å². The summed E-state index contributed by atoms with van der Waals surface area (Å²) >= 11 is 0. The van der Waals surface area contributed by atoms with Crippen LogP contribution in [0.3, 0.4) is 0 Å². The Morgan fingerprint density at radius 3 is 2.31 bits per heavy atom. The number of hydrogen-bond donors (Lipinski definition) is 0. The Morgan fingerprint density at radius 1 is 0.906 bits per heavy atom. The lowest BCUT2D eigenvalue weighted by atomic mass is 9.73. The minimum atomic E-state index is 0. The number of carbonyl (C=O) groups is 1. The molecule has 1 saturated carbocycles. The maximum atomic E-state index is 13.2. The van der Waals surface area contributed by atoms with Gasteiger partial charge in [-0.15, -0.1) is 12.4 Å². The van der Waals surface area contributed by atoms with Crippen molar-refractivity contribution in [3.8, 4) is 11.5 Å². The van der Waals surface area contributed by atoms with Crippen LogP contribution in [-0.4, -0.2) is 61.9 Å². The van der Waals surface area contributed by atoms with E-state index in [1.165, 1.54) is 32.4 Å². The zero-order chi connectivity index (χ0) is 21.6. The van der Waals surface area contributed by atoms with Crippen molar-refractivity contribution >= 4 is 24.0 Å². The van der Waals surface area contributed by atoms with Gasteiger partial charge in [0.2, 0.25) is 5.91 Å². The Hall–Kier alpha value is -1.79. The highest BCUT2D eigenvalue weighted by Crippen LogP contribution is 2.39. The molecular formula is C25H38ClN3O3. The van der Waals surface area contributed by atoms with Gasteiger partial charge in [0.1, 0.15) is 0 Å². The summed E-state index contributed by atoms with van der Waals surface area (Å²) < 4.78 is 10.9. The number of hydrogen-bond acceptors (Lipinski definition) is 5. The molecule has 0 spiro atoms. The van der Waals surface area contributed by atoms with Gasteiger partial charge in [-0.05, 0) is 76.4 Å². The van der Waals surface area contributed by atoms with Crippen molar-refractivity contribution in [3.05, 3.63) is 23.8 Å². The van der Waals surface area contributed by atoms with Gasteiger partial charge in [0.05, 0.1) is 19.9 Å². The van der Waals surface area contributed by atoms with Crippen LogP contribution in [0.25, 0.3) is 0 Å². The molecule has 0 N–H and O–H groups in total. The van der Waals surface area contributed by atoms with Crippen molar-refractivity contribution in [1.29, 1.82) is 0 Å². The number of carbonyl (C=O) groups excluding carboxylic acids is 1. The highest BCUT2D eigenvalue weighted by atomic mass is 35.5. The zero-order valence-corrected chi connectivity index (χ0v) is 20.4. The number of piperidine rings is 1. The van der Waals surface area contributed by atoms with Crippen LogP contribution in [0.5, 0.6) is 11.5 Å². The minimum Gasteiger partial charge on any atom is -0.493 e. The molecule has 6 nitrogen and oxygen atoms in total. The fraction of sp³-hybridized carbons (Fsp3) is 0.680. The van der Waals surface area contributed by atoms with E-state index in [0.717, 1.165) is 56.3 Å². The Bertz CT molecular complexity index is 795. The number of benzene rings is 1. The van der Waals surface area contributed by atoms with Crippen LogP contribution < -0.4 is 9.47 Å². The molecule has 1 aliphatic carbocycles. The van der Waals surface area contributed by atoms with E-state index in [1.807, 2.05) is 12.1 Å². The first-order chi connectivity index (χ1) is 15.2. The van der Waals surface area contributed by atoms with E-state index in [1.54, 1.807) is 19.2 Å². The topological polar surface area (TPSA) is 54.4 Å². The Labute approximate surface area is 198 Å². The van der Waals surface area contributed by atoms with Gasteiger partial charge in [-0.1, -0.05) is 19.3 Å². The Balaban J connectivity index is 0.00000289. The van der Waals surface area contributed by atoms with Gasteiger partial charge < -0.3 is 14.4 Å². The number of methoxy groups -OCH3 is 2. The van der Waals surface area contributed by atoms with E-state index in [-0.39, 0.29) is 30.2 Å². The molecule has 2 atom stereocenters. The van der Waals surface area contributed by atoms with Crippen molar-refractivity contribution in [2.45, 2.75) is 57.8 Å². The molecule has 1 amide bonds. The second kappa shape index (κ2) is 11.9. The fourth-order valence-electron chi connectivity index (χ4n) is 5.41. The van der Waals surface area contributed by atoms with Crippen molar-refractivity contribution in [2.75, 3.05) is 40.4 Å². The van der Waals surface area contributed by atoms with Crippen molar-refractivity contribution < 1.29 is 14.3 Å². The highest BCUT2D eigenvalue weighted by molar-refractivity contribution is 6.07. The van der Waals surface area contributed by atoms with Crippen LogP contribution >= 0.6 is 12.4 Å². The number of nitrogens with zero attached hydrogens (tertiary/aromatic N) is 3. The normalized spacial score (nSPS) is 23.8. The number of unbranched alkanes of at least 4 members (excludes halogenated alkanes) is 1. The number of fused-ring (bicyclic) bond motifs is 1. The number of likely N-dealkylation sites (tertiary alicyclic amines) is 1. The largest absolute Gasteiger partial charge is 0.493 e. The SMILES string of the molecule is COc1ccc(C2=NN(CCCCN3CCCCC3)C(=O)C3CCCCC23)cc1OC.Cl. The summed E-state index contributed by atoms with van der Waals surface area (Å²) in [6, 6.07) is 6.00. The molecule has 2 heterocycles. The second-order valence-corrected chi connectivity index (χ2v) is 9.12. The molecule has 1 aromatic carbocycles. The molecule has 2 aliphatic heterocycles. The van der Waals surface area contributed by atoms with Crippen molar-refractivity contribution in [3.63, 3.8) is 0 Å². The molecule has 3 aliphatic rings. The third kappa shape index (κ3) is 5.57. The van der Waals surface area contributed by atoms with Crippen LogP contribution in [0.15, 0.2) is 23.3 Å². The number of rotatable bonds is 8. The van der Waals surface area contributed by atoms with Gasteiger partial charge in [0, 0.05) is 23.9 Å². The maximum Gasteiger partial charge on any atom is 0.246 e. The van der Waals surface area contributed by atoms with Gasteiger partial charge >= 0.3 is 0 Å². The van der Waals surface area contributed by atoms with Crippen LogP contribution in [0.2, 0.25) is 0 Å². The summed E-state index contributed by atoms with van der Waals surface area (Å²) in [5.74, 6) is 1.93. The van der Waals surface area contributed by atoms with E-state index < -0.39 is 0 Å². The Morgan fingerprint density at radius 2 is 1.59 bits per heavy atom. The molecule has 0 radical (unpaired) electrons. The standard InChI is InChI=1S/C25H37N3O3.ClH/c1-30-22-13-12-19(18-23(22)31-2)24-20-10-4-5-11-21(20)25(29)28(26-24)17-9-8-16-27-14-6-3-7-15-27;/h12-13,18,20-21H,3-11,14-17H2,1-2H3;1H. The molecule has 2 unspecified atom stereocenters. The summed E-state index contributed by atoms with van der Waals surface area (Å²) in [6.45, 7) is 4.31.